The van der Waals surface area contributed by atoms with E-state index in [1.807, 2.05) is 0 Å². The summed E-state index contributed by atoms with van der Waals surface area (Å²) in [6.07, 6.45) is -5.70. The summed E-state index contributed by atoms with van der Waals surface area (Å²) in [6, 6.07) is 6.67. The van der Waals surface area contributed by atoms with Crippen LogP contribution >= 0.6 is 11.3 Å². The zero-order chi connectivity index (χ0) is 22.9. The van der Waals surface area contributed by atoms with E-state index in [9.17, 15) is 39.9 Å². The molecule has 3 nitrogen and oxygen atoms in total. The van der Waals surface area contributed by atoms with Crippen LogP contribution in [-0.4, -0.2) is 5.91 Å². The standard InChI is InChI=1S/C19H9F8NO2S/c20-9-3-1-2-4-10(9)30-6-8-5-11(31-7-8)18(29)28-17-15(23)13(21)12(19(25,26)27)14(22)16(17)24/h1-5,7H,6H2,(H,28,29). The summed E-state index contributed by atoms with van der Waals surface area (Å²) in [5.41, 5.74) is -4.10. The third kappa shape index (κ3) is 4.63. The molecule has 0 fully saturated rings. The van der Waals surface area contributed by atoms with E-state index >= 15 is 0 Å². The predicted molar refractivity (Wildman–Crippen MR) is 94.3 cm³/mol. The Balaban J connectivity index is 1.79. The minimum atomic E-state index is -5.70. The molecule has 0 atom stereocenters. The number of carbonyl (C=O) groups is 1. The van der Waals surface area contributed by atoms with Crippen molar-refractivity contribution in [1.82, 2.24) is 0 Å². The fourth-order valence-electron chi connectivity index (χ4n) is 2.46. The lowest BCUT2D eigenvalue weighted by molar-refractivity contribution is -0.143. The van der Waals surface area contributed by atoms with Crippen molar-refractivity contribution in [2.45, 2.75) is 12.8 Å². The molecule has 31 heavy (non-hydrogen) atoms. The van der Waals surface area contributed by atoms with E-state index in [0.29, 0.717) is 5.56 Å². The first-order valence-corrected chi connectivity index (χ1v) is 9.08. The molecule has 0 spiro atoms. The normalized spacial score (nSPS) is 11.5. The number of amides is 1. The van der Waals surface area contributed by atoms with E-state index in [1.54, 1.807) is 0 Å². The van der Waals surface area contributed by atoms with Gasteiger partial charge >= 0.3 is 6.18 Å². The lowest BCUT2D eigenvalue weighted by atomic mass is 10.1. The Labute approximate surface area is 172 Å². The van der Waals surface area contributed by atoms with Gasteiger partial charge in [0.1, 0.15) is 17.9 Å². The van der Waals surface area contributed by atoms with Gasteiger partial charge in [-0.2, -0.15) is 13.2 Å². The maximum absolute atomic E-state index is 13.9. The number of para-hydroxylation sites is 1. The monoisotopic (exact) mass is 467 g/mol. The summed E-state index contributed by atoms with van der Waals surface area (Å²) in [4.78, 5) is 12.0. The Morgan fingerprint density at radius 3 is 2.16 bits per heavy atom. The number of alkyl halides is 3. The molecule has 0 bridgehead atoms. The Morgan fingerprint density at radius 2 is 1.58 bits per heavy atom. The van der Waals surface area contributed by atoms with Gasteiger partial charge in [0, 0.05) is 5.56 Å². The molecule has 1 N–H and O–H groups in total. The van der Waals surface area contributed by atoms with Gasteiger partial charge in [-0.15, -0.1) is 11.3 Å². The van der Waals surface area contributed by atoms with Crippen LogP contribution in [0.1, 0.15) is 20.8 Å². The summed E-state index contributed by atoms with van der Waals surface area (Å²) in [6.45, 7) is -0.184. The van der Waals surface area contributed by atoms with Crippen LogP contribution in [0.4, 0.5) is 40.8 Å². The molecular formula is C19H9F8NO2S. The molecule has 0 aliphatic carbocycles. The largest absolute Gasteiger partial charge is 0.486 e. The van der Waals surface area contributed by atoms with E-state index in [-0.39, 0.29) is 17.2 Å². The highest BCUT2D eigenvalue weighted by Crippen LogP contribution is 2.38. The first-order valence-electron chi connectivity index (χ1n) is 8.20. The number of benzene rings is 2. The molecule has 0 aliphatic heterocycles. The van der Waals surface area contributed by atoms with Crippen LogP contribution in [0.3, 0.4) is 0 Å². The Morgan fingerprint density at radius 1 is 0.968 bits per heavy atom. The number of anilines is 1. The van der Waals surface area contributed by atoms with E-state index in [2.05, 4.69) is 0 Å². The smallest absolute Gasteiger partial charge is 0.422 e. The number of ether oxygens (including phenoxy) is 1. The van der Waals surface area contributed by atoms with Crippen molar-refractivity contribution in [2.75, 3.05) is 5.32 Å². The minimum Gasteiger partial charge on any atom is -0.486 e. The average Bonchev–Trinajstić information content (AvgIpc) is 3.17. The van der Waals surface area contributed by atoms with Gasteiger partial charge in [0.15, 0.2) is 34.8 Å². The molecule has 164 valence electrons. The fourth-order valence-corrected chi connectivity index (χ4v) is 3.25. The van der Waals surface area contributed by atoms with Crippen LogP contribution in [0.15, 0.2) is 35.7 Å². The van der Waals surface area contributed by atoms with Gasteiger partial charge in [0.25, 0.3) is 5.91 Å². The second-order valence-corrected chi connectivity index (χ2v) is 6.91. The zero-order valence-electron chi connectivity index (χ0n) is 14.9. The highest BCUT2D eigenvalue weighted by molar-refractivity contribution is 7.12. The van der Waals surface area contributed by atoms with E-state index in [4.69, 9.17) is 4.74 Å². The number of rotatable bonds is 5. The maximum Gasteiger partial charge on any atom is 0.422 e. The van der Waals surface area contributed by atoms with Gasteiger partial charge in [-0.25, -0.2) is 22.0 Å². The Hall–Kier alpha value is -3.15. The molecule has 2 aromatic carbocycles. The molecule has 3 rings (SSSR count). The van der Waals surface area contributed by atoms with Crippen molar-refractivity contribution in [1.29, 1.82) is 0 Å². The van der Waals surface area contributed by atoms with E-state index in [1.165, 1.54) is 35.0 Å². The van der Waals surface area contributed by atoms with Gasteiger partial charge in [0.2, 0.25) is 0 Å². The molecule has 1 amide bonds. The second kappa shape index (κ2) is 8.53. The van der Waals surface area contributed by atoms with Crippen LogP contribution in [0.25, 0.3) is 0 Å². The summed E-state index contributed by atoms with van der Waals surface area (Å²) in [5.74, 6) is -12.1. The van der Waals surface area contributed by atoms with E-state index in [0.717, 1.165) is 17.4 Å². The van der Waals surface area contributed by atoms with Crippen LogP contribution < -0.4 is 10.1 Å². The van der Waals surface area contributed by atoms with Gasteiger partial charge in [0.05, 0.1) is 4.88 Å². The molecule has 1 heterocycles. The predicted octanol–water partition coefficient (Wildman–Crippen LogP) is 6.29. The molecule has 0 saturated carbocycles. The number of nitrogens with one attached hydrogen (secondary N) is 1. The van der Waals surface area contributed by atoms with Crippen LogP contribution in [0.2, 0.25) is 0 Å². The third-order valence-corrected chi connectivity index (χ3v) is 4.87. The Bertz CT molecular complexity index is 1110. The molecule has 1 aromatic heterocycles. The van der Waals surface area contributed by atoms with Crippen molar-refractivity contribution >= 4 is 22.9 Å². The second-order valence-electron chi connectivity index (χ2n) is 6.00. The number of thiophene rings is 1. The quantitative estimate of drug-likeness (QED) is 0.354. The molecular weight excluding hydrogens is 458 g/mol. The van der Waals surface area contributed by atoms with Crippen LogP contribution in [0.5, 0.6) is 5.75 Å². The van der Waals surface area contributed by atoms with Crippen molar-refractivity contribution in [3.63, 3.8) is 0 Å². The Kier molecular flexibility index (Phi) is 6.20. The highest BCUT2D eigenvalue weighted by atomic mass is 32.1. The first kappa shape index (κ1) is 22.5. The number of carbonyl (C=O) groups excluding carboxylic acids is 1. The third-order valence-electron chi connectivity index (χ3n) is 3.89. The fraction of sp³-hybridized carbons (Fsp3) is 0.105. The molecule has 0 aliphatic rings. The first-order chi connectivity index (χ1) is 14.5. The highest BCUT2D eigenvalue weighted by Gasteiger charge is 2.42. The van der Waals surface area contributed by atoms with Crippen LogP contribution in [-0.2, 0) is 12.8 Å². The average molecular weight is 467 g/mol. The lowest BCUT2D eigenvalue weighted by Crippen LogP contribution is -2.19. The van der Waals surface area contributed by atoms with Crippen molar-refractivity contribution in [3.8, 4) is 5.75 Å². The minimum absolute atomic E-state index is 0.0699. The van der Waals surface area contributed by atoms with Crippen molar-refractivity contribution in [3.05, 3.63) is 80.8 Å². The number of hydrogen-bond acceptors (Lipinski definition) is 3. The molecule has 3 aromatic rings. The number of hydrogen-bond donors (Lipinski definition) is 1. The van der Waals surface area contributed by atoms with Crippen molar-refractivity contribution < 1.29 is 44.7 Å². The molecule has 0 unspecified atom stereocenters. The van der Waals surface area contributed by atoms with E-state index < -0.39 is 52.4 Å². The SMILES string of the molecule is O=C(Nc1c(F)c(F)c(C(F)(F)F)c(F)c1F)c1cc(COc2ccccc2F)cs1. The summed E-state index contributed by atoms with van der Waals surface area (Å²) < 4.78 is 112. The molecule has 12 heteroatoms. The lowest BCUT2D eigenvalue weighted by Gasteiger charge is -2.14. The van der Waals surface area contributed by atoms with Gasteiger partial charge in [-0.3, -0.25) is 4.79 Å². The summed E-state index contributed by atoms with van der Waals surface area (Å²) in [7, 11) is 0. The van der Waals surface area contributed by atoms with Gasteiger partial charge in [-0.05, 0) is 23.6 Å². The van der Waals surface area contributed by atoms with Crippen molar-refractivity contribution in [2.24, 2.45) is 0 Å². The van der Waals surface area contributed by atoms with Crippen LogP contribution in [0, 0.1) is 29.1 Å². The number of halogens is 8. The topological polar surface area (TPSA) is 38.3 Å². The summed E-state index contributed by atoms with van der Waals surface area (Å²) in [5, 5.41) is 2.91. The van der Waals surface area contributed by atoms with Gasteiger partial charge < -0.3 is 10.1 Å². The maximum atomic E-state index is 13.9. The summed E-state index contributed by atoms with van der Waals surface area (Å²) >= 11 is 0.746. The zero-order valence-corrected chi connectivity index (χ0v) is 15.7. The van der Waals surface area contributed by atoms with Gasteiger partial charge in [-0.1, -0.05) is 12.1 Å². The molecule has 0 saturated heterocycles. The molecule has 0 radical (unpaired) electrons.